The number of nitrogens with zero attached hydrogens (tertiary/aromatic N) is 3. The third kappa shape index (κ3) is 12.1. The molecule has 18 aromatic carbocycles. The zero-order chi connectivity index (χ0) is 81.3. The Morgan fingerprint density at radius 2 is 0.471 bits per heavy atom. The molecule has 0 N–H and O–H groups in total. The summed E-state index contributed by atoms with van der Waals surface area (Å²) < 4.78 is 2.57. The second kappa shape index (κ2) is 30.5. The number of fused-ring (bicyclic) bond motifs is 7. The minimum absolute atomic E-state index is 0.303. The highest BCUT2D eigenvalue weighted by atomic mass is 28.3. The van der Waals surface area contributed by atoms with Crippen molar-refractivity contribution in [2.75, 3.05) is 9.80 Å². The van der Waals surface area contributed by atoms with Gasteiger partial charge < -0.3 is 14.4 Å². The first kappa shape index (κ1) is 74.6. The lowest BCUT2D eigenvalue weighted by atomic mass is 9.33. The van der Waals surface area contributed by atoms with Crippen molar-refractivity contribution in [3.63, 3.8) is 0 Å². The number of rotatable bonds is 19. The fourth-order valence-corrected chi connectivity index (χ4v) is 35.5. The maximum atomic E-state index is 2.77. The third-order valence-corrected chi connectivity index (χ3v) is 41.0. The maximum Gasteiger partial charge on any atom is 0.252 e. The Morgan fingerprint density at radius 3 is 0.802 bits per heavy atom. The van der Waals surface area contributed by atoms with Gasteiger partial charge in [0, 0.05) is 55.7 Å². The first-order valence-electron chi connectivity index (χ1n) is 42.5. The van der Waals surface area contributed by atoms with Crippen LogP contribution in [0.3, 0.4) is 0 Å². The molecule has 0 unspecified atom stereocenters. The van der Waals surface area contributed by atoms with Gasteiger partial charge in [0.25, 0.3) is 6.71 Å². The molecule has 19 aromatic rings. The Balaban J connectivity index is 0.958. The normalized spacial score (nSPS) is 12.7. The molecule has 7 heteroatoms. The molecule has 2 aliphatic heterocycles. The van der Waals surface area contributed by atoms with Gasteiger partial charge >= 0.3 is 0 Å². The van der Waals surface area contributed by atoms with E-state index in [0.717, 1.165) is 50.8 Å². The highest BCUT2D eigenvalue weighted by molar-refractivity contribution is 7.22. The van der Waals surface area contributed by atoms with Crippen LogP contribution in [0.5, 0.6) is 0 Å². The molecule has 0 radical (unpaired) electrons. The number of para-hydroxylation sites is 2. The van der Waals surface area contributed by atoms with Gasteiger partial charge in [-0.05, 0) is 162 Å². The first-order chi connectivity index (χ1) is 59.5. The average Bonchev–Trinajstić information content (AvgIpc) is 1.28. The van der Waals surface area contributed by atoms with Crippen LogP contribution in [0, 0.1) is 0 Å². The zero-order valence-corrected chi connectivity index (χ0v) is 71.5. The largest absolute Gasteiger partial charge is 0.311 e. The highest BCUT2D eigenvalue weighted by Gasteiger charge is 2.51. The van der Waals surface area contributed by atoms with Crippen molar-refractivity contribution in [2.24, 2.45) is 0 Å². The summed E-state index contributed by atoms with van der Waals surface area (Å²) in [6.45, 7) is 9.38. The molecule has 0 saturated heterocycles. The molecule has 0 bridgehead atoms. The van der Waals surface area contributed by atoms with Crippen molar-refractivity contribution in [2.45, 2.75) is 38.5 Å². The summed E-state index contributed by atoms with van der Waals surface area (Å²) in [5.74, 6) is 0. The Labute approximate surface area is 714 Å². The molecule has 3 nitrogen and oxygen atoms in total. The van der Waals surface area contributed by atoms with E-state index in [4.69, 9.17) is 0 Å². The van der Waals surface area contributed by atoms with E-state index in [-0.39, 0.29) is 6.71 Å². The van der Waals surface area contributed by atoms with Crippen LogP contribution < -0.4 is 88.4 Å². The standard InChI is InChI=1S/C114H90BN3Si3/c1-113(2,83-43-16-5-17-44-83)85-71-73-108-104(75-85)115-105-76-86(114(3,4)84-45-18-6-19-46-84)72-74-109(105)118(88-78-100(120(93-54-26-10-27-55-93,94-56-28-11-29-57-94)95-58-30-12-31-59-95)82-101(79-88)121(96-60-32-13-33-61-96,97-62-34-14-35-63-97)98-64-36-15-37-65-98)111-81-89(117-106-69-40-38-67-102(106)103-68-39-41-70-107(103)117)80-110(112(111)115)116(108)87-47-42-66-99(77-87)119(90-48-20-7-21-49-90,91-50-22-8-23-51-91)92-52-24-9-25-53-92/h5-82H,1-4H3. The highest BCUT2D eigenvalue weighted by Crippen LogP contribution is 2.48. The Kier molecular flexibility index (Phi) is 18.8. The van der Waals surface area contributed by atoms with Crippen LogP contribution in [0.25, 0.3) is 27.5 Å². The van der Waals surface area contributed by atoms with Crippen LogP contribution in [0.15, 0.2) is 473 Å². The van der Waals surface area contributed by atoms with Crippen LogP contribution in [0.1, 0.15) is 49.9 Å². The lowest BCUT2D eigenvalue weighted by molar-refractivity contribution is 0.641. The van der Waals surface area contributed by atoms with Gasteiger partial charge in [0.05, 0.1) is 16.7 Å². The van der Waals surface area contributed by atoms with E-state index in [1.165, 1.54) is 112 Å². The van der Waals surface area contributed by atoms with E-state index in [9.17, 15) is 0 Å². The molecule has 3 heterocycles. The van der Waals surface area contributed by atoms with Crippen molar-refractivity contribution >= 4 is 165 Å². The van der Waals surface area contributed by atoms with E-state index < -0.39 is 35.1 Å². The summed E-state index contributed by atoms with van der Waals surface area (Å²) in [7, 11) is -10.1. The molecule has 0 saturated carbocycles. The summed E-state index contributed by atoms with van der Waals surface area (Å²) in [4.78, 5) is 5.47. The van der Waals surface area contributed by atoms with E-state index in [1.54, 1.807) is 0 Å². The molecule has 0 atom stereocenters. The lowest BCUT2D eigenvalue weighted by Gasteiger charge is -2.46. The fraction of sp³-hybridized carbons (Fsp3) is 0.0526. The van der Waals surface area contributed by atoms with Gasteiger partial charge in [-0.25, -0.2) is 0 Å². The Morgan fingerprint density at radius 1 is 0.198 bits per heavy atom. The Hall–Kier alpha value is -13.9. The molecule has 21 rings (SSSR count). The van der Waals surface area contributed by atoms with Crippen LogP contribution in [-0.4, -0.2) is 35.5 Å². The second-order valence-electron chi connectivity index (χ2n) is 33.8. The van der Waals surface area contributed by atoms with Crippen LogP contribution in [0.2, 0.25) is 0 Å². The van der Waals surface area contributed by atoms with E-state index in [2.05, 4.69) is 515 Å². The van der Waals surface area contributed by atoms with Crippen LogP contribution in [-0.2, 0) is 10.8 Å². The molecule has 0 spiro atoms. The predicted octanol–water partition coefficient (Wildman–Crippen LogP) is 17.7. The maximum absolute atomic E-state index is 3.46. The summed E-state index contributed by atoms with van der Waals surface area (Å²) in [6, 6.07) is 183. The smallest absolute Gasteiger partial charge is 0.252 e. The van der Waals surface area contributed by atoms with Gasteiger partial charge in [0.2, 0.25) is 0 Å². The van der Waals surface area contributed by atoms with Crippen LogP contribution in [0.4, 0.5) is 34.1 Å². The second-order valence-corrected chi connectivity index (χ2v) is 45.2. The number of anilines is 6. The number of hydrogen-bond donors (Lipinski definition) is 0. The minimum atomic E-state index is -3.46. The summed E-state index contributed by atoms with van der Waals surface area (Å²) in [5, 5.41) is 18.1. The SMILES string of the molecule is CC(C)(c1ccccc1)c1ccc2c(c1)B1c3cc(C(C)(C)c4ccccc4)ccc3N(c3cc([Si](c4ccccc4)(c4ccccc4)c4ccccc4)cc([Si](c4ccccc4)(c4ccccc4)c4ccccc4)c3)c3cc(-n4c5ccccc5c5ccccc54)cc(c31)N2c1cccc([Si](c2ccccc2)(c2ccccc2)c2ccccc2)c1. The van der Waals surface area contributed by atoms with E-state index in [1.807, 2.05) is 0 Å². The first-order valence-corrected chi connectivity index (χ1v) is 48.5. The van der Waals surface area contributed by atoms with Gasteiger partial charge in [0.1, 0.15) is 0 Å². The van der Waals surface area contributed by atoms with Gasteiger partial charge in [-0.3, -0.25) is 0 Å². The molecular weight excluding hydrogens is 1510 g/mol. The number of aromatic nitrogens is 1. The van der Waals surface area contributed by atoms with Gasteiger partial charge in [-0.1, -0.05) is 440 Å². The molecule has 0 fully saturated rings. The monoisotopic (exact) mass is 1600 g/mol. The number of benzene rings is 18. The van der Waals surface area contributed by atoms with Crippen molar-refractivity contribution in [1.29, 1.82) is 0 Å². The molecular formula is C114H90BN3Si3. The molecule has 121 heavy (non-hydrogen) atoms. The van der Waals surface area contributed by atoms with E-state index >= 15 is 0 Å². The Bertz CT molecular complexity index is 6510. The molecule has 1 aromatic heterocycles. The third-order valence-electron chi connectivity index (χ3n) is 26.8. The van der Waals surface area contributed by atoms with Crippen molar-refractivity contribution < 1.29 is 0 Å². The molecule has 0 amide bonds. The van der Waals surface area contributed by atoms with Gasteiger partial charge in [-0.2, -0.15) is 0 Å². The van der Waals surface area contributed by atoms with Crippen LogP contribution >= 0.6 is 0 Å². The zero-order valence-electron chi connectivity index (χ0n) is 68.5. The summed E-state index contributed by atoms with van der Waals surface area (Å²) in [6.07, 6.45) is 0. The molecule has 0 aliphatic carbocycles. The predicted molar refractivity (Wildman–Crippen MR) is 523 cm³/mol. The van der Waals surface area contributed by atoms with Crippen molar-refractivity contribution in [3.8, 4) is 5.69 Å². The molecule has 2 aliphatic rings. The van der Waals surface area contributed by atoms with Gasteiger partial charge in [0.15, 0.2) is 24.2 Å². The molecule has 576 valence electrons. The summed E-state index contributed by atoms with van der Waals surface area (Å²) in [5.41, 5.74) is 17.9. The fourth-order valence-electron chi connectivity index (χ4n) is 20.9. The average molecular weight is 1600 g/mol. The summed E-state index contributed by atoms with van der Waals surface area (Å²) >= 11 is 0. The topological polar surface area (TPSA) is 11.4 Å². The quantitative estimate of drug-likeness (QED) is 0.0590. The minimum Gasteiger partial charge on any atom is -0.311 e. The van der Waals surface area contributed by atoms with Crippen molar-refractivity contribution in [3.05, 3.63) is 495 Å². The van der Waals surface area contributed by atoms with Crippen molar-refractivity contribution in [1.82, 2.24) is 4.57 Å². The van der Waals surface area contributed by atoms with Gasteiger partial charge in [-0.15, -0.1) is 0 Å². The van der Waals surface area contributed by atoms with E-state index in [0.29, 0.717) is 0 Å². The number of hydrogen-bond acceptors (Lipinski definition) is 2. The lowest BCUT2D eigenvalue weighted by Crippen LogP contribution is -2.78.